The number of aliphatic hydroxyl groups excluding tert-OH is 1. The molecule has 196 valence electrons. The smallest absolute Gasteiger partial charge is 0.243 e. The summed E-state index contributed by atoms with van der Waals surface area (Å²) in [6, 6.07) is 7.17. The van der Waals surface area contributed by atoms with Crippen molar-refractivity contribution in [1.82, 2.24) is 15.2 Å². The van der Waals surface area contributed by atoms with Crippen molar-refractivity contribution in [3.63, 3.8) is 0 Å². The normalized spacial score (nSPS) is 18.8. The molecule has 1 aliphatic heterocycles. The van der Waals surface area contributed by atoms with Gasteiger partial charge in [0.25, 0.3) is 0 Å². The van der Waals surface area contributed by atoms with Gasteiger partial charge in [0.1, 0.15) is 11.8 Å². The van der Waals surface area contributed by atoms with Crippen LogP contribution >= 0.6 is 11.3 Å². The number of nitrogens with zero attached hydrogens (tertiary/aromatic N) is 2. The van der Waals surface area contributed by atoms with Crippen LogP contribution < -0.4 is 11.1 Å². The van der Waals surface area contributed by atoms with Crippen LogP contribution in [0.1, 0.15) is 57.7 Å². The molecule has 0 radical (unpaired) electrons. The number of Topliss-reactive ketones (excluding diaryl/α,β-unsaturated/α-hetero) is 1. The molecule has 2 heterocycles. The minimum Gasteiger partial charge on any atom is -0.391 e. The molecule has 9 heteroatoms. The van der Waals surface area contributed by atoms with E-state index in [1.807, 2.05) is 57.5 Å². The standard InChI is InChI=1S/C27H38N4O4S/c1-17-24(36-16-30-17)19-9-7-18(8-10-19)14-29-25(34)23-13-21(33)15-31(23)26(35)22(27(2,3)4)12-20(32)6-5-11-28/h7-10,16,21-23,33H,5-6,11-15,28H2,1-4H3,(H,29,34)/t21-,22-,23+/m1/s1. The zero-order chi connectivity index (χ0) is 26.5. The van der Waals surface area contributed by atoms with Gasteiger partial charge in [0.2, 0.25) is 11.8 Å². The number of amides is 2. The van der Waals surface area contributed by atoms with Gasteiger partial charge in [-0.15, -0.1) is 11.3 Å². The molecule has 2 amide bonds. The van der Waals surface area contributed by atoms with Crippen molar-refractivity contribution in [2.75, 3.05) is 13.1 Å². The quantitative estimate of drug-likeness (QED) is 0.447. The molecule has 36 heavy (non-hydrogen) atoms. The summed E-state index contributed by atoms with van der Waals surface area (Å²) in [4.78, 5) is 46.0. The Hall–Kier alpha value is -2.62. The monoisotopic (exact) mass is 514 g/mol. The SMILES string of the molecule is Cc1ncsc1-c1ccc(CNC(=O)[C@@H]2C[C@@H](O)CN2C(=O)[C@@H](CC(=O)CCCN)C(C)(C)C)cc1. The number of β-amino-alcohol motifs (C(OH)–C–C–N with tert-alkyl or cyclic N) is 1. The Kier molecular flexibility index (Phi) is 9.38. The third kappa shape index (κ3) is 6.99. The van der Waals surface area contributed by atoms with E-state index in [0.29, 0.717) is 25.9 Å². The summed E-state index contributed by atoms with van der Waals surface area (Å²) in [5.41, 5.74) is 9.87. The molecule has 4 N–H and O–H groups in total. The average Bonchev–Trinajstić information content (AvgIpc) is 3.44. The first-order valence-corrected chi connectivity index (χ1v) is 13.4. The summed E-state index contributed by atoms with van der Waals surface area (Å²) in [5, 5.41) is 13.2. The maximum atomic E-state index is 13.6. The van der Waals surface area contributed by atoms with Crippen LogP contribution in [-0.2, 0) is 20.9 Å². The van der Waals surface area contributed by atoms with E-state index in [2.05, 4.69) is 10.3 Å². The molecule has 1 aromatic carbocycles. The van der Waals surface area contributed by atoms with Crippen molar-refractivity contribution in [2.45, 2.75) is 72.1 Å². The van der Waals surface area contributed by atoms with Crippen LogP contribution in [0.4, 0.5) is 0 Å². The highest BCUT2D eigenvalue weighted by molar-refractivity contribution is 7.13. The van der Waals surface area contributed by atoms with Crippen molar-refractivity contribution in [3.8, 4) is 10.4 Å². The van der Waals surface area contributed by atoms with Crippen LogP contribution in [0.3, 0.4) is 0 Å². The Morgan fingerprint density at radius 3 is 2.53 bits per heavy atom. The van der Waals surface area contributed by atoms with E-state index >= 15 is 0 Å². The van der Waals surface area contributed by atoms with Gasteiger partial charge < -0.3 is 21.1 Å². The second kappa shape index (κ2) is 12.1. The van der Waals surface area contributed by atoms with Gasteiger partial charge in [-0.1, -0.05) is 45.0 Å². The number of carbonyl (C=O) groups is 3. The highest BCUT2D eigenvalue weighted by Gasteiger charge is 2.44. The van der Waals surface area contributed by atoms with Crippen LogP contribution in [0.15, 0.2) is 29.8 Å². The number of rotatable bonds is 10. The molecular formula is C27H38N4O4S. The molecule has 0 spiro atoms. The highest BCUT2D eigenvalue weighted by atomic mass is 32.1. The predicted molar refractivity (Wildman–Crippen MR) is 141 cm³/mol. The highest BCUT2D eigenvalue weighted by Crippen LogP contribution is 2.34. The molecule has 0 saturated carbocycles. The van der Waals surface area contributed by atoms with Gasteiger partial charge in [0.05, 0.1) is 22.2 Å². The van der Waals surface area contributed by atoms with Gasteiger partial charge in [-0.3, -0.25) is 14.4 Å². The molecule has 1 saturated heterocycles. The number of aromatic nitrogens is 1. The van der Waals surface area contributed by atoms with Crippen LogP contribution in [-0.4, -0.2) is 57.8 Å². The lowest BCUT2D eigenvalue weighted by atomic mass is 9.76. The number of benzene rings is 1. The molecular weight excluding hydrogens is 476 g/mol. The Labute approximate surface area is 217 Å². The molecule has 0 unspecified atom stereocenters. The fourth-order valence-electron chi connectivity index (χ4n) is 4.56. The number of hydrogen-bond donors (Lipinski definition) is 3. The Bertz CT molecular complexity index is 1060. The number of thiazole rings is 1. The number of aliphatic hydroxyl groups is 1. The number of nitrogens with one attached hydrogen (secondary N) is 1. The first kappa shape index (κ1) is 28.0. The van der Waals surface area contributed by atoms with Crippen LogP contribution in [0.5, 0.6) is 0 Å². The molecule has 1 aliphatic rings. The van der Waals surface area contributed by atoms with E-state index < -0.39 is 23.5 Å². The summed E-state index contributed by atoms with van der Waals surface area (Å²) in [6.45, 7) is 8.57. The van der Waals surface area contributed by atoms with Gasteiger partial charge in [0, 0.05) is 38.3 Å². The number of carbonyl (C=O) groups excluding carboxylic acids is 3. The summed E-state index contributed by atoms with van der Waals surface area (Å²) >= 11 is 1.59. The van der Waals surface area contributed by atoms with Crippen molar-refractivity contribution < 1.29 is 19.5 Å². The average molecular weight is 515 g/mol. The Morgan fingerprint density at radius 1 is 1.25 bits per heavy atom. The summed E-state index contributed by atoms with van der Waals surface area (Å²) in [7, 11) is 0. The molecule has 0 bridgehead atoms. The van der Waals surface area contributed by atoms with E-state index in [-0.39, 0.29) is 37.0 Å². The predicted octanol–water partition coefficient (Wildman–Crippen LogP) is 3.06. The van der Waals surface area contributed by atoms with E-state index in [4.69, 9.17) is 5.73 Å². The lowest BCUT2D eigenvalue weighted by Gasteiger charge is -2.34. The number of hydrogen-bond acceptors (Lipinski definition) is 7. The molecule has 1 fully saturated rings. The largest absolute Gasteiger partial charge is 0.391 e. The van der Waals surface area contributed by atoms with Gasteiger partial charge >= 0.3 is 0 Å². The van der Waals surface area contributed by atoms with Crippen molar-refractivity contribution in [2.24, 2.45) is 17.1 Å². The summed E-state index contributed by atoms with van der Waals surface area (Å²) in [6.07, 6.45) is 0.431. The van der Waals surface area contributed by atoms with E-state index in [0.717, 1.165) is 21.7 Å². The molecule has 3 atom stereocenters. The molecule has 8 nitrogen and oxygen atoms in total. The topological polar surface area (TPSA) is 126 Å². The maximum Gasteiger partial charge on any atom is 0.243 e. The fraction of sp³-hybridized carbons (Fsp3) is 0.556. The van der Waals surface area contributed by atoms with Gasteiger partial charge in [0.15, 0.2) is 0 Å². The van der Waals surface area contributed by atoms with Gasteiger partial charge in [-0.25, -0.2) is 4.98 Å². The number of likely N-dealkylation sites (tertiary alicyclic amines) is 1. The van der Waals surface area contributed by atoms with Gasteiger partial charge in [-0.05, 0) is 36.4 Å². The number of ketones is 1. The van der Waals surface area contributed by atoms with Crippen LogP contribution in [0, 0.1) is 18.3 Å². The molecule has 0 aliphatic carbocycles. The number of nitrogens with two attached hydrogens (primary N) is 1. The maximum absolute atomic E-state index is 13.6. The third-order valence-electron chi connectivity index (χ3n) is 6.73. The second-order valence-electron chi connectivity index (χ2n) is 10.6. The lowest BCUT2D eigenvalue weighted by Crippen LogP contribution is -2.50. The molecule has 2 aromatic rings. The lowest BCUT2D eigenvalue weighted by molar-refractivity contribution is -0.146. The molecule has 3 rings (SSSR count). The number of aryl methyl sites for hydroxylation is 1. The zero-order valence-corrected chi connectivity index (χ0v) is 22.4. The van der Waals surface area contributed by atoms with Crippen molar-refractivity contribution >= 4 is 28.9 Å². The molecule has 1 aromatic heterocycles. The summed E-state index contributed by atoms with van der Waals surface area (Å²) < 4.78 is 0. The first-order valence-electron chi connectivity index (χ1n) is 12.5. The second-order valence-corrected chi connectivity index (χ2v) is 11.5. The minimum atomic E-state index is -0.778. The van der Waals surface area contributed by atoms with Crippen LogP contribution in [0.2, 0.25) is 0 Å². The van der Waals surface area contributed by atoms with Gasteiger partial charge in [-0.2, -0.15) is 0 Å². The van der Waals surface area contributed by atoms with Crippen molar-refractivity contribution in [1.29, 1.82) is 0 Å². The third-order valence-corrected chi connectivity index (χ3v) is 7.71. The summed E-state index contributed by atoms with van der Waals surface area (Å²) in [5.74, 6) is -1.15. The van der Waals surface area contributed by atoms with Crippen molar-refractivity contribution in [3.05, 3.63) is 41.0 Å². The van der Waals surface area contributed by atoms with Crippen LogP contribution in [0.25, 0.3) is 10.4 Å². The minimum absolute atomic E-state index is 0.00792. The fourth-order valence-corrected chi connectivity index (χ4v) is 5.37. The zero-order valence-electron chi connectivity index (χ0n) is 21.6. The van der Waals surface area contributed by atoms with E-state index in [1.165, 1.54) is 4.90 Å². The van der Waals surface area contributed by atoms with E-state index in [1.54, 1.807) is 11.3 Å². The Balaban J connectivity index is 1.66. The first-order chi connectivity index (χ1) is 17.0. The Morgan fingerprint density at radius 2 is 1.94 bits per heavy atom. The van der Waals surface area contributed by atoms with E-state index in [9.17, 15) is 19.5 Å².